The molecule has 0 aliphatic heterocycles. The second kappa shape index (κ2) is 3.68. The largest absolute Gasteiger partial charge is 0.348 e. The first-order chi connectivity index (χ1) is 7.08. The predicted octanol–water partition coefficient (Wildman–Crippen LogP) is 1.66. The second-order valence-corrected chi connectivity index (χ2v) is 4.46. The van der Waals surface area contributed by atoms with Crippen molar-refractivity contribution in [3.63, 3.8) is 0 Å². The molecule has 2 rings (SSSR count). The quantitative estimate of drug-likeness (QED) is 0.819. The summed E-state index contributed by atoms with van der Waals surface area (Å²) in [4.78, 5) is 11.7. The molecule has 0 unspecified atom stereocenters. The predicted molar refractivity (Wildman–Crippen MR) is 57.8 cm³/mol. The molecule has 82 valence electrons. The van der Waals surface area contributed by atoms with Crippen LogP contribution < -0.4 is 5.32 Å². The van der Waals surface area contributed by atoms with Crippen LogP contribution in [0.3, 0.4) is 0 Å². The van der Waals surface area contributed by atoms with Gasteiger partial charge in [-0.15, -0.1) is 0 Å². The van der Waals surface area contributed by atoms with E-state index in [1.165, 1.54) is 0 Å². The summed E-state index contributed by atoms with van der Waals surface area (Å²) in [5, 5.41) is 7.23. The zero-order chi connectivity index (χ0) is 11.0. The van der Waals surface area contributed by atoms with Crippen molar-refractivity contribution in [3.05, 3.63) is 17.5 Å². The summed E-state index contributed by atoms with van der Waals surface area (Å²) in [6.07, 6.45) is 2.21. The highest BCUT2D eigenvalue weighted by atomic mass is 16.2. The Balaban J connectivity index is 2.13. The van der Waals surface area contributed by atoms with Gasteiger partial charge in [-0.3, -0.25) is 9.48 Å². The van der Waals surface area contributed by atoms with Gasteiger partial charge in [0.25, 0.3) is 5.91 Å². The van der Waals surface area contributed by atoms with Gasteiger partial charge in [0.05, 0.1) is 0 Å². The molecule has 4 heteroatoms. The van der Waals surface area contributed by atoms with Crippen LogP contribution in [0.5, 0.6) is 0 Å². The van der Waals surface area contributed by atoms with Gasteiger partial charge in [-0.1, -0.05) is 0 Å². The topological polar surface area (TPSA) is 46.9 Å². The van der Waals surface area contributed by atoms with E-state index in [-0.39, 0.29) is 5.91 Å². The summed E-state index contributed by atoms with van der Waals surface area (Å²) in [7, 11) is 0. The van der Waals surface area contributed by atoms with Gasteiger partial charge in [-0.2, -0.15) is 5.10 Å². The first-order valence-corrected chi connectivity index (χ1v) is 5.45. The van der Waals surface area contributed by atoms with Gasteiger partial charge in [0, 0.05) is 17.8 Å². The van der Waals surface area contributed by atoms with E-state index < -0.39 is 0 Å². The van der Waals surface area contributed by atoms with Crippen LogP contribution in [0.4, 0.5) is 0 Å². The normalized spacial score (nSPS) is 15.7. The number of aromatic nitrogens is 2. The zero-order valence-electron chi connectivity index (χ0n) is 9.45. The standard InChI is InChI=1S/C11H17N3O/c1-7(2)14-8(3)6-10(13-14)11(15)12-9-4-5-9/h6-7,9H,4-5H2,1-3H3,(H,12,15). The highest BCUT2D eigenvalue weighted by Gasteiger charge is 2.25. The summed E-state index contributed by atoms with van der Waals surface area (Å²) < 4.78 is 1.88. The molecule has 1 aliphatic carbocycles. The lowest BCUT2D eigenvalue weighted by Gasteiger charge is -2.06. The van der Waals surface area contributed by atoms with Crippen molar-refractivity contribution in [3.8, 4) is 0 Å². The van der Waals surface area contributed by atoms with E-state index in [1.807, 2.05) is 17.7 Å². The van der Waals surface area contributed by atoms with E-state index >= 15 is 0 Å². The highest BCUT2D eigenvalue weighted by Crippen LogP contribution is 2.19. The van der Waals surface area contributed by atoms with Crippen molar-refractivity contribution in [2.45, 2.75) is 45.7 Å². The Morgan fingerprint density at radius 2 is 2.27 bits per heavy atom. The summed E-state index contributed by atoms with van der Waals surface area (Å²) >= 11 is 0. The summed E-state index contributed by atoms with van der Waals surface area (Å²) in [5.41, 5.74) is 1.57. The van der Waals surface area contributed by atoms with Crippen molar-refractivity contribution < 1.29 is 4.79 Å². The monoisotopic (exact) mass is 207 g/mol. The molecule has 0 atom stereocenters. The minimum Gasteiger partial charge on any atom is -0.348 e. The highest BCUT2D eigenvalue weighted by molar-refractivity contribution is 5.92. The third-order valence-electron chi connectivity index (χ3n) is 2.56. The lowest BCUT2D eigenvalue weighted by molar-refractivity contribution is 0.0945. The minimum absolute atomic E-state index is 0.0417. The Morgan fingerprint density at radius 1 is 1.60 bits per heavy atom. The molecule has 1 amide bonds. The van der Waals surface area contributed by atoms with Crippen LogP contribution in [0.25, 0.3) is 0 Å². The molecule has 1 aliphatic rings. The molecule has 0 bridgehead atoms. The fraction of sp³-hybridized carbons (Fsp3) is 0.636. The molecule has 1 heterocycles. The van der Waals surface area contributed by atoms with Crippen LogP contribution in [-0.4, -0.2) is 21.7 Å². The third-order valence-corrected chi connectivity index (χ3v) is 2.56. The smallest absolute Gasteiger partial charge is 0.272 e. The Morgan fingerprint density at radius 3 is 2.73 bits per heavy atom. The molecule has 1 saturated carbocycles. The summed E-state index contributed by atoms with van der Waals surface area (Å²) in [6.45, 7) is 6.09. The molecular formula is C11H17N3O. The molecule has 0 spiro atoms. The maximum absolute atomic E-state index is 11.7. The van der Waals surface area contributed by atoms with Crippen LogP contribution in [0.15, 0.2) is 6.07 Å². The van der Waals surface area contributed by atoms with Gasteiger partial charge in [-0.25, -0.2) is 0 Å². The molecule has 1 N–H and O–H groups in total. The average molecular weight is 207 g/mol. The van der Waals surface area contributed by atoms with Crippen molar-refractivity contribution in [2.75, 3.05) is 0 Å². The van der Waals surface area contributed by atoms with Crippen molar-refractivity contribution >= 4 is 5.91 Å². The maximum atomic E-state index is 11.7. The fourth-order valence-corrected chi connectivity index (χ4v) is 1.61. The number of nitrogens with one attached hydrogen (secondary N) is 1. The Labute approximate surface area is 89.7 Å². The van der Waals surface area contributed by atoms with Gasteiger partial charge < -0.3 is 5.32 Å². The van der Waals surface area contributed by atoms with Crippen molar-refractivity contribution in [2.24, 2.45) is 0 Å². The van der Waals surface area contributed by atoms with E-state index in [0.717, 1.165) is 18.5 Å². The molecule has 1 fully saturated rings. The van der Waals surface area contributed by atoms with Crippen LogP contribution in [0.2, 0.25) is 0 Å². The lowest BCUT2D eigenvalue weighted by Crippen LogP contribution is -2.26. The van der Waals surface area contributed by atoms with E-state index in [2.05, 4.69) is 24.3 Å². The van der Waals surface area contributed by atoms with E-state index in [9.17, 15) is 4.79 Å². The molecule has 0 radical (unpaired) electrons. The Bertz CT molecular complexity index is 377. The van der Waals surface area contributed by atoms with Crippen molar-refractivity contribution in [1.29, 1.82) is 0 Å². The molecule has 4 nitrogen and oxygen atoms in total. The van der Waals surface area contributed by atoms with Gasteiger partial charge in [-0.05, 0) is 39.7 Å². The van der Waals surface area contributed by atoms with Crippen molar-refractivity contribution in [1.82, 2.24) is 15.1 Å². The molecule has 1 aromatic heterocycles. The van der Waals surface area contributed by atoms with Gasteiger partial charge in [0.2, 0.25) is 0 Å². The number of carbonyl (C=O) groups is 1. The van der Waals surface area contributed by atoms with Gasteiger partial charge in [0.15, 0.2) is 0 Å². The summed E-state index contributed by atoms with van der Waals surface area (Å²) in [5.74, 6) is -0.0417. The zero-order valence-corrected chi connectivity index (χ0v) is 9.45. The number of hydrogen-bond donors (Lipinski definition) is 1. The molecule has 0 aromatic carbocycles. The molecule has 15 heavy (non-hydrogen) atoms. The third kappa shape index (κ3) is 2.19. The molecule has 0 saturated heterocycles. The number of rotatable bonds is 3. The van der Waals surface area contributed by atoms with E-state index in [1.54, 1.807) is 0 Å². The maximum Gasteiger partial charge on any atom is 0.272 e. The minimum atomic E-state index is -0.0417. The van der Waals surface area contributed by atoms with Crippen LogP contribution in [-0.2, 0) is 0 Å². The van der Waals surface area contributed by atoms with Crippen LogP contribution >= 0.6 is 0 Å². The first kappa shape index (κ1) is 10.2. The molecular weight excluding hydrogens is 190 g/mol. The Hall–Kier alpha value is -1.32. The first-order valence-electron chi connectivity index (χ1n) is 5.45. The van der Waals surface area contributed by atoms with Gasteiger partial charge in [0.1, 0.15) is 5.69 Å². The second-order valence-electron chi connectivity index (χ2n) is 4.46. The number of amides is 1. The summed E-state index contributed by atoms with van der Waals surface area (Å²) in [6, 6.07) is 2.53. The SMILES string of the molecule is Cc1cc(C(=O)NC2CC2)nn1C(C)C. The fourth-order valence-electron chi connectivity index (χ4n) is 1.61. The van der Waals surface area contributed by atoms with Gasteiger partial charge >= 0.3 is 0 Å². The van der Waals surface area contributed by atoms with E-state index in [0.29, 0.717) is 17.8 Å². The number of hydrogen-bond acceptors (Lipinski definition) is 2. The molecule has 1 aromatic rings. The number of nitrogens with zero attached hydrogens (tertiary/aromatic N) is 2. The average Bonchev–Trinajstić information content (AvgIpc) is 2.86. The Kier molecular flexibility index (Phi) is 2.50. The lowest BCUT2D eigenvalue weighted by atomic mass is 10.3. The number of aryl methyl sites for hydroxylation is 1. The van der Waals surface area contributed by atoms with E-state index in [4.69, 9.17) is 0 Å². The van der Waals surface area contributed by atoms with Crippen LogP contribution in [0.1, 0.15) is 48.9 Å². The van der Waals surface area contributed by atoms with Crippen LogP contribution in [0, 0.1) is 6.92 Å². The number of carbonyl (C=O) groups excluding carboxylic acids is 1.